The predicted molar refractivity (Wildman–Crippen MR) is 97.7 cm³/mol. The zero-order valence-electron chi connectivity index (χ0n) is 14.8. The molecule has 3 amide bonds. The van der Waals surface area contributed by atoms with Gasteiger partial charge in [0.1, 0.15) is 11.8 Å². The van der Waals surface area contributed by atoms with E-state index in [0.29, 0.717) is 31.0 Å². The third-order valence-corrected chi connectivity index (χ3v) is 5.15. The van der Waals surface area contributed by atoms with E-state index >= 15 is 0 Å². The number of likely N-dealkylation sites (tertiary alicyclic amines) is 1. The van der Waals surface area contributed by atoms with E-state index in [0.717, 1.165) is 12.0 Å². The summed E-state index contributed by atoms with van der Waals surface area (Å²) in [6, 6.07) is 10.4. The summed E-state index contributed by atoms with van der Waals surface area (Å²) < 4.78 is 5.23. The molecule has 7 nitrogen and oxygen atoms in total. The largest absolute Gasteiger partial charge is 0.467 e. The van der Waals surface area contributed by atoms with Crippen LogP contribution in [0.1, 0.15) is 36.5 Å². The van der Waals surface area contributed by atoms with Crippen LogP contribution in [0.5, 0.6) is 0 Å². The lowest BCUT2D eigenvalue weighted by molar-refractivity contribution is -0.140. The molecule has 0 aliphatic carbocycles. The third kappa shape index (κ3) is 3.45. The highest BCUT2D eigenvalue weighted by atomic mass is 16.3. The Morgan fingerprint density at radius 2 is 2.07 bits per heavy atom. The molecule has 1 fully saturated rings. The quantitative estimate of drug-likeness (QED) is 0.865. The van der Waals surface area contributed by atoms with Crippen molar-refractivity contribution in [2.45, 2.75) is 37.8 Å². The lowest BCUT2D eigenvalue weighted by atomic mass is 9.89. The molecule has 2 aliphatic heterocycles. The SMILES string of the molecule is O=C1CC(C(=O)N2CCCC2C(=O)NCc2ccco2)c2ccccc2N1. The van der Waals surface area contributed by atoms with Gasteiger partial charge in [0.25, 0.3) is 0 Å². The van der Waals surface area contributed by atoms with E-state index in [1.54, 1.807) is 29.4 Å². The predicted octanol–water partition coefficient (Wildman–Crippen LogP) is 2.01. The summed E-state index contributed by atoms with van der Waals surface area (Å²) >= 11 is 0. The van der Waals surface area contributed by atoms with Crippen LogP contribution >= 0.6 is 0 Å². The van der Waals surface area contributed by atoms with E-state index in [9.17, 15) is 14.4 Å². The number of benzene rings is 1. The van der Waals surface area contributed by atoms with Gasteiger partial charge in [-0.25, -0.2) is 0 Å². The molecule has 2 aliphatic rings. The average Bonchev–Trinajstić information content (AvgIpc) is 3.36. The van der Waals surface area contributed by atoms with Crippen molar-refractivity contribution in [2.75, 3.05) is 11.9 Å². The number of nitrogens with one attached hydrogen (secondary N) is 2. The Bertz CT molecular complexity index is 862. The van der Waals surface area contributed by atoms with Crippen molar-refractivity contribution < 1.29 is 18.8 Å². The molecule has 4 rings (SSSR count). The summed E-state index contributed by atoms with van der Waals surface area (Å²) in [7, 11) is 0. The minimum absolute atomic E-state index is 0.104. The van der Waals surface area contributed by atoms with Crippen LogP contribution in [0.2, 0.25) is 0 Å². The van der Waals surface area contributed by atoms with Crippen LogP contribution in [0.3, 0.4) is 0 Å². The number of fused-ring (bicyclic) bond motifs is 1. The fourth-order valence-electron chi connectivity index (χ4n) is 3.84. The minimum Gasteiger partial charge on any atom is -0.467 e. The standard InChI is InChI=1S/C20H21N3O4/c24-18-11-15(14-6-1-2-7-16(14)22-18)20(26)23-9-3-8-17(23)19(25)21-12-13-5-4-10-27-13/h1-2,4-7,10,15,17H,3,8-9,11-12H2,(H,21,25)(H,22,24). The van der Waals surface area contributed by atoms with E-state index < -0.39 is 12.0 Å². The molecule has 2 atom stereocenters. The molecule has 0 spiro atoms. The molecular weight excluding hydrogens is 346 g/mol. The monoisotopic (exact) mass is 367 g/mol. The van der Waals surface area contributed by atoms with Gasteiger partial charge in [-0.1, -0.05) is 18.2 Å². The van der Waals surface area contributed by atoms with Crippen LogP contribution < -0.4 is 10.6 Å². The van der Waals surface area contributed by atoms with Crippen LogP contribution in [-0.4, -0.2) is 35.2 Å². The second kappa shape index (κ2) is 7.26. The first-order valence-electron chi connectivity index (χ1n) is 9.13. The van der Waals surface area contributed by atoms with Crippen molar-refractivity contribution in [3.63, 3.8) is 0 Å². The van der Waals surface area contributed by atoms with Gasteiger partial charge in [0.15, 0.2) is 0 Å². The summed E-state index contributed by atoms with van der Waals surface area (Å²) in [4.78, 5) is 39.5. The maximum atomic E-state index is 13.2. The first-order valence-corrected chi connectivity index (χ1v) is 9.13. The van der Waals surface area contributed by atoms with E-state index in [4.69, 9.17) is 4.42 Å². The lowest BCUT2D eigenvalue weighted by Crippen LogP contribution is -2.48. The molecule has 1 aromatic heterocycles. The van der Waals surface area contributed by atoms with E-state index in [2.05, 4.69) is 10.6 Å². The normalized spacial score (nSPS) is 21.5. The molecule has 0 radical (unpaired) electrons. The van der Waals surface area contributed by atoms with Crippen LogP contribution in [0, 0.1) is 0 Å². The number of para-hydroxylation sites is 1. The van der Waals surface area contributed by atoms with Crippen molar-refractivity contribution in [1.82, 2.24) is 10.2 Å². The van der Waals surface area contributed by atoms with E-state index in [1.807, 2.05) is 18.2 Å². The number of furan rings is 1. The third-order valence-electron chi connectivity index (χ3n) is 5.15. The lowest BCUT2D eigenvalue weighted by Gasteiger charge is -2.31. The van der Waals surface area contributed by atoms with Crippen LogP contribution in [0.25, 0.3) is 0 Å². The molecule has 7 heteroatoms. The van der Waals surface area contributed by atoms with Gasteiger partial charge in [-0.3, -0.25) is 14.4 Å². The Kier molecular flexibility index (Phi) is 4.66. The number of rotatable bonds is 4. The molecule has 2 N–H and O–H groups in total. The zero-order valence-corrected chi connectivity index (χ0v) is 14.8. The van der Waals surface area contributed by atoms with Crippen molar-refractivity contribution >= 4 is 23.4 Å². The van der Waals surface area contributed by atoms with Gasteiger partial charge < -0.3 is 20.0 Å². The van der Waals surface area contributed by atoms with Gasteiger partial charge >= 0.3 is 0 Å². The fraction of sp³-hybridized carbons (Fsp3) is 0.350. The molecule has 140 valence electrons. The molecular formula is C20H21N3O4. The maximum Gasteiger partial charge on any atom is 0.243 e. The number of nitrogens with zero attached hydrogens (tertiary/aromatic N) is 1. The molecule has 1 aromatic carbocycles. The number of anilines is 1. The Labute approximate surface area is 156 Å². The number of carbonyl (C=O) groups excluding carboxylic acids is 3. The zero-order chi connectivity index (χ0) is 18.8. The van der Waals surface area contributed by atoms with Crippen LogP contribution in [-0.2, 0) is 20.9 Å². The van der Waals surface area contributed by atoms with Gasteiger partial charge in [-0.2, -0.15) is 0 Å². The second-order valence-electron chi connectivity index (χ2n) is 6.88. The van der Waals surface area contributed by atoms with Crippen molar-refractivity contribution in [3.8, 4) is 0 Å². The van der Waals surface area contributed by atoms with Crippen molar-refractivity contribution in [3.05, 3.63) is 54.0 Å². The molecule has 0 saturated carbocycles. The highest BCUT2D eigenvalue weighted by molar-refractivity contribution is 6.02. The van der Waals surface area contributed by atoms with Gasteiger partial charge in [0.05, 0.1) is 18.7 Å². The molecule has 1 saturated heterocycles. The van der Waals surface area contributed by atoms with Crippen LogP contribution in [0.4, 0.5) is 5.69 Å². The molecule has 3 heterocycles. The summed E-state index contributed by atoms with van der Waals surface area (Å²) in [5.74, 6) is -0.408. The number of carbonyl (C=O) groups is 3. The number of hydrogen-bond donors (Lipinski definition) is 2. The summed E-state index contributed by atoms with van der Waals surface area (Å²) in [5, 5.41) is 5.64. The van der Waals surface area contributed by atoms with Gasteiger partial charge in [-0.05, 0) is 36.6 Å². The Morgan fingerprint density at radius 3 is 2.89 bits per heavy atom. The first kappa shape index (κ1) is 17.3. The first-order chi connectivity index (χ1) is 13.1. The van der Waals surface area contributed by atoms with Crippen LogP contribution in [0.15, 0.2) is 47.1 Å². The van der Waals surface area contributed by atoms with E-state index in [1.165, 1.54) is 0 Å². The number of amides is 3. The van der Waals surface area contributed by atoms with Crippen molar-refractivity contribution in [1.29, 1.82) is 0 Å². The minimum atomic E-state index is -0.548. The Morgan fingerprint density at radius 1 is 1.22 bits per heavy atom. The van der Waals surface area contributed by atoms with Gasteiger partial charge in [0.2, 0.25) is 17.7 Å². The second-order valence-corrected chi connectivity index (χ2v) is 6.88. The topological polar surface area (TPSA) is 91.7 Å². The highest BCUT2D eigenvalue weighted by Crippen LogP contribution is 2.35. The number of hydrogen-bond acceptors (Lipinski definition) is 4. The Balaban J connectivity index is 1.49. The van der Waals surface area contributed by atoms with E-state index in [-0.39, 0.29) is 24.1 Å². The molecule has 27 heavy (non-hydrogen) atoms. The molecule has 0 bridgehead atoms. The van der Waals surface area contributed by atoms with Gasteiger partial charge in [0, 0.05) is 18.7 Å². The highest BCUT2D eigenvalue weighted by Gasteiger charge is 2.40. The van der Waals surface area contributed by atoms with Crippen molar-refractivity contribution in [2.24, 2.45) is 0 Å². The van der Waals surface area contributed by atoms with Gasteiger partial charge in [-0.15, -0.1) is 0 Å². The smallest absolute Gasteiger partial charge is 0.243 e. The average molecular weight is 367 g/mol. The molecule has 2 aromatic rings. The summed E-state index contributed by atoms with van der Waals surface area (Å²) in [6.07, 6.45) is 3.05. The Hall–Kier alpha value is -3.09. The maximum absolute atomic E-state index is 13.2. The summed E-state index contributed by atoms with van der Waals surface area (Å²) in [5.41, 5.74) is 1.48. The molecule has 2 unspecified atom stereocenters. The summed E-state index contributed by atoms with van der Waals surface area (Å²) in [6.45, 7) is 0.816. The fourth-order valence-corrected chi connectivity index (χ4v) is 3.84.